The summed E-state index contributed by atoms with van der Waals surface area (Å²) in [5.41, 5.74) is 1.92. The molecule has 1 fully saturated rings. The third-order valence-electron chi connectivity index (χ3n) is 5.80. The maximum atomic E-state index is 13.0. The van der Waals surface area contributed by atoms with Gasteiger partial charge in [-0.25, -0.2) is 0 Å². The molecule has 0 spiro atoms. The van der Waals surface area contributed by atoms with Crippen LogP contribution in [0.3, 0.4) is 0 Å². The summed E-state index contributed by atoms with van der Waals surface area (Å²) in [7, 11) is 0. The van der Waals surface area contributed by atoms with Gasteiger partial charge in [0.25, 0.3) is 0 Å². The van der Waals surface area contributed by atoms with Gasteiger partial charge >= 0.3 is 0 Å². The summed E-state index contributed by atoms with van der Waals surface area (Å²) in [4.78, 5) is 41.2. The van der Waals surface area contributed by atoms with Gasteiger partial charge in [0.15, 0.2) is 0 Å². The Kier molecular flexibility index (Phi) is 9.07. The third kappa shape index (κ3) is 7.46. The third-order valence-corrected chi connectivity index (χ3v) is 6.06. The molecule has 33 heavy (non-hydrogen) atoms. The Morgan fingerprint density at radius 2 is 1.73 bits per heavy atom. The minimum Gasteiger partial charge on any atom is -0.350 e. The first-order chi connectivity index (χ1) is 16.0. The van der Waals surface area contributed by atoms with Crippen molar-refractivity contribution < 1.29 is 14.4 Å². The lowest BCUT2D eigenvalue weighted by Crippen LogP contribution is -2.46. The minimum absolute atomic E-state index is 0.0222. The van der Waals surface area contributed by atoms with Crippen LogP contribution in [-0.2, 0) is 20.9 Å². The number of amides is 3. The van der Waals surface area contributed by atoms with Gasteiger partial charge in [-0.3, -0.25) is 14.4 Å². The Balaban J connectivity index is 1.44. The predicted molar refractivity (Wildman–Crippen MR) is 130 cm³/mol. The lowest BCUT2D eigenvalue weighted by molar-refractivity contribution is -0.141. The summed E-state index contributed by atoms with van der Waals surface area (Å²) in [6, 6.07) is 16.9. The van der Waals surface area contributed by atoms with Crippen LogP contribution in [0.15, 0.2) is 60.7 Å². The Hall–Kier alpha value is -3.12. The molecule has 6 nitrogen and oxygen atoms in total. The van der Waals surface area contributed by atoms with E-state index in [0.717, 1.165) is 11.1 Å². The zero-order chi connectivity index (χ0) is 23.6. The number of nitrogens with zero attached hydrogens (tertiary/aromatic N) is 2. The zero-order valence-electron chi connectivity index (χ0n) is 18.9. The molecule has 0 atom stereocenters. The highest BCUT2D eigenvalue weighted by Crippen LogP contribution is 2.20. The van der Waals surface area contributed by atoms with Crippen LogP contribution in [0.5, 0.6) is 0 Å². The molecule has 1 aliphatic rings. The van der Waals surface area contributed by atoms with Crippen molar-refractivity contribution in [2.45, 2.75) is 26.3 Å². The maximum absolute atomic E-state index is 13.0. The van der Waals surface area contributed by atoms with Crippen LogP contribution in [0.1, 0.15) is 30.9 Å². The standard InChI is InChI=1S/C26H30ClN3O3/c1-2-29(19-24(31)28-18-21-8-11-23(27)12-9-21)26(33)22-14-16-30(17-15-22)25(32)13-10-20-6-4-3-5-7-20/h3-13,22H,2,14-19H2,1H3,(H,28,31). The second kappa shape index (κ2) is 12.2. The van der Waals surface area contributed by atoms with Gasteiger partial charge in [-0.2, -0.15) is 0 Å². The van der Waals surface area contributed by atoms with E-state index in [1.807, 2.05) is 49.4 Å². The van der Waals surface area contributed by atoms with Gasteiger partial charge in [0.2, 0.25) is 17.7 Å². The number of benzene rings is 2. The van der Waals surface area contributed by atoms with E-state index in [1.54, 1.807) is 34.1 Å². The Morgan fingerprint density at radius 1 is 1.06 bits per heavy atom. The number of hydrogen-bond acceptors (Lipinski definition) is 3. The first-order valence-corrected chi connectivity index (χ1v) is 11.7. The van der Waals surface area contributed by atoms with Gasteiger partial charge in [0.1, 0.15) is 0 Å². The maximum Gasteiger partial charge on any atom is 0.246 e. The summed E-state index contributed by atoms with van der Waals surface area (Å²) >= 11 is 5.88. The normalized spacial score (nSPS) is 14.3. The summed E-state index contributed by atoms with van der Waals surface area (Å²) in [6.07, 6.45) is 4.60. The van der Waals surface area contributed by atoms with Crippen LogP contribution >= 0.6 is 11.6 Å². The average molecular weight is 468 g/mol. The van der Waals surface area contributed by atoms with E-state index in [9.17, 15) is 14.4 Å². The summed E-state index contributed by atoms with van der Waals surface area (Å²) in [5.74, 6) is -0.431. The fourth-order valence-corrected chi connectivity index (χ4v) is 3.95. The number of piperidine rings is 1. The van der Waals surface area contributed by atoms with E-state index < -0.39 is 0 Å². The van der Waals surface area contributed by atoms with Crippen LogP contribution in [0.4, 0.5) is 0 Å². The molecule has 0 saturated carbocycles. The van der Waals surface area contributed by atoms with Crippen molar-refractivity contribution >= 4 is 35.4 Å². The molecule has 3 amide bonds. The van der Waals surface area contributed by atoms with Crippen molar-refractivity contribution in [1.82, 2.24) is 15.1 Å². The molecule has 2 aromatic rings. The zero-order valence-corrected chi connectivity index (χ0v) is 19.6. The molecular weight excluding hydrogens is 438 g/mol. The monoisotopic (exact) mass is 467 g/mol. The van der Waals surface area contributed by atoms with Crippen LogP contribution in [-0.4, -0.2) is 53.7 Å². The van der Waals surface area contributed by atoms with E-state index in [-0.39, 0.29) is 30.2 Å². The molecule has 0 aromatic heterocycles. The molecule has 3 rings (SSSR count). The fraction of sp³-hybridized carbons (Fsp3) is 0.346. The summed E-state index contributed by atoms with van der Waals surface area (Å²) < 4.78 is 0. The van der Waals surface area contributed by atoms with Crippen LogP contribution in [0.25, 0.3) is 6.08 Å². The van der Waals surface area contributed by atoms with Crippen molar-refractivity contribution in [2.75, 3.05) is 26.2 Å². The van der Waals surface area contributed by atoms with Crippen molar-refractivity contribution in [1.29, 1.82) is 0 Å². The van der Waals surface area contributed by atoms with Crippen molar-refractivity contribution in [2.24, 2.45) is 5.92 Å². The molecule has 1 aliphatic heterocycles. The second-order valence-corrected chi connectivity index (χ2v) is 8.54. The number of carbonyl (C=O) groups is 3. The van der Waals surface area contributed by atoms with Crippen molar-refractivity contribution in [3.63, 3.8) is 0 Å². The fourth-order valence-electron chi connectivity index (χ4n) is 3.82. The van der Waals surface area contributed by atoms with Crippen molar-refractivity contribution in [3.05, 3.63) is 76.8 Å². The van der Waals surface area contributed by atoms with Gasteiger partial charge in [-0.05, 0) is 49.1 Å². The molecule has 7 heteroatoms. The van der Waals surface area contributed by atoms with E-state index in [0.29, 0.717) is 44.0 Å². The molecule has 174 valence electrons. The molecule has 2 aromatic carbocycles. The molecule has 1 heterocycles. The average Bonchev–Trinajstić information content (AvgIpc) is 2.85. The Bertz CT molecular complexity index is 968. The van der Waals surface area contributed by atoms with E-state index in [4.69, 9.17) is 11.6 Å². The quantitative estimate of drug-likeness (QED) is 0.601. The summed E-state index contributed by atoms with van der Waals surface area (Å²) in [6.45, 7) is 3.83. The summed E-state index contributed by atoms with van der Waals surface area (Å²) in [5, 5.41) is 3.50. The first-order valence-electron chi connectivity index (χ1n) is 11.3. The molecule has 0 unspecified atom stereocenters. The first kappa shape index (κ1) is 24.5. The highest BCUT2D eigenvalue weighted by atomic mass is 35.5. The smallest absolute Gasteiger partial charge is 0.246 e. The van der Waals surface area contributed by atoms with Gasteiger partial charge in [0.05, 0.1) is 6.54 Å². The lowest BCUT2D eigenvalue weighted by atomic mass is 9.95. The van der Waals surface area contributed by atoms with E-state index in [1.165, 1.54) is 0 Å². The molecule has 0 bridgehead atoms. The number of hydrogen-bond donors (Lipinski definition) is 1. The number of halogens is 1. The van der Waals surface area contributed by atoms with E-state index in [2.05, 4.69) is 5.32 Å². The molecule has 1 saturated heterocycles. The van der Waals surface area contributed by atoms with Crippen LogP contribution in [0, 0.1) is 5.92 Å². The SMILES string of the molecule is CCN(CC(=O)NCc1ccc(Cl)cc1)C(=O)C1CCN(C(=O)C=Cc2ccccc2)CC1. The van der Waals surface area contributed by atoms with Gasteiger partial charge in [0, 0.05) is 43.2 Å². The number of likely N-dealkylation sites (N-methyl/N-ethyl adjacent to an activating group) is 1. The van der Waals surface area contributed by atoms with E-state index >= 15 is 0 Å². The van der Waals surface area contributed by atoms with Crippen LogP contribution in [0.2, 0.25) is 5.02 Å². The Morgan fingerprint density at radius 3 is 2.36 bits per heavy atom. The minimum atomic E-state index is -0.196. The van der Waals surface area contributed by atoms with Gasteiger partial charge in [-0.1, -0.05) is 54.1 Å². The number of likely N-dealkylation sites (tertiary alicyclic amines) is 1. The second-order valence-electron chi connectivity index (χ2n) is 8.10. The number of nitrogens with one attached hydrogen (secondary N) is 1. The van der Waals surface area contributed by atoms with Gasteiger partial charge < -0.3 is 15.1 Å². The lowest BCUT2D eigenvalue weighted by Gasteiger charge is -2.33. The molecule has 0 radical (unpaired) electrons. The largest absolute Gasteiger partial charge is 0.350 e. The van der Waals surface area contributed by atoms with Gasteiger partial charge in [-0.15, -0.1) is 0 Å². The number of carbonyl (C=O) groups excluding carboxylic acids is 3. The molecule has 0 aliphatic carbocycles. The topological polar surface area (TPSA) is 69.7 Å². The highest BCUT2D eigenvalue weighted by molar-refractivity contribution is 6.30. The molecular formula is C26H30ClN3O3. The molecule has 1 N–H and O–H groups in total. The number of rotatable bonds is 8. The van der Waals surface area contributed by atoms with Crippen molar-refractivity contribution in [3.8, 4) is 0 Å². The Labute approximate surface area is 200 Å². The van der Waals surface area contributed by atoms with Crippen LogP contribution < -0.4 is 5.32 Å². The highest BCUT2D eigenvalue weighted by Gasteiger charge is 2.30. The predicted octanol–water partition coefficient (Wildman–Crippen LogP) is 3.76.